The van der Waals surface area contributed by atoms with E-state index in [0.717, 1.165) is 15.7 Å². The molecule has 3 aromatic carbocycles. The summed E-state index contributed by atoms with van der Waals surface area (Å²) in [7, 11) is 0. The minimum absolute atomic E-state index is 0.228. The smallest absolute Gasteiger partial charge is 0.325 e. The number of carbonyl (C=O) groups excluding carboxylic acids is 3. The topological polar surface area (TPSA) is 87.7 Å². The van der Waals surface area contributed by atoms with Gasteiger partial charge in [0.15, 0.2) is 0 Å². The summed E-state index contributed by atoms with van der Waals surface area (Å²) >= 11 is 5.83. The Morgan fingerprint density at radius 1 is 1.06 bits per heavy atom. The van der Waals surface area contributed by atoms with Crippen LogP contribution in [-0.2, 0) is 15.1 Å². The van der Waals surface area contributed by atoms with Crippen LogP contribution < -0.4 is 15.4 Å². The minimum Gasteiger partial charge on any atom is -0.492 e. The molecule has 0 saturated carbocycles. The molecule has 8 heteroatoms. The molecule has 0 aromatic heterocycles. The van der Waals surface area contributed by atoms with Crippen molar-refractivity contribution in [1.82, 2.24) is 15.5 Å². The number of halogens is 1. The molecule has 1 unspecified atom stereocenters. The van der Waals surface area contributed by atoms with E-state index in [1.807, 2.05) is 42.5 Å². The van der Waals surface area contributed by atoms with E-state index in [2.05, 4.69) is 10.6 Å². The van der Waals surface area contributed by atoms with Crippen LogP contribution >= 0.6 is 11.6 Å². The molecule has 32 heavy (non-hydrogen) atoms. The summed E-state index contributed by atoms with van der Waals surface area (Å²) < 4.78 is 5.52. The van der Waals surface area contributed by atoms with E-state index < -0.39 is 23.4 Å². The van der Waals surface area contributed by atoms with Gasteiger partial charge in [-0.15, -0.1) is 0 Å². The molecule has 4 rings (SSSR count). The standard InChI is InChI=1S/C24H22ClN3O4/c1-24(20-8-4-6-16-5-2-3-7-19(16)20)22(30)28(23(31)27-24)15-21(29)26-13-14-32-18-11-9-17(25)10-12-18/h2-12H,13-15H2,1H3,(H,26,29)(H,27,31). The van der Waals surface area contributed by atoms with Gasteiger partial charge in [-0.2, -0.15) is 0 Å². The van der Waals surface area contributed by atoms with Crippen molar-refractivity contribution in [2.24, 2.45) is 0 Å². The van der Waals surface area contributed by atoms with Gasteiger partial charge in [0.25, 0.3) is 5.91 Å². The van der Waals surface area contributed by atoms with Crippen LogP contribution in [0.2, 0.25) is 5.02 Å². The largest absolute Gasteiger partial charge is 0.492 e. The van der Waals surface area contributed by atoms with Gasteiger partial charge in [-0.05, 0) is 47.5 Å². The third-order valence-corrected chi connectivity index (χ3v) is 5.66. The lowest BCUT2D eigenvalue weighted by Gasteiger charge is -2.24. The van der Waals surface area contributed by atoms with E-state index in [-0.39, 0.29) is 19.7 Å². The van der Waals surface area contributed by atoms with Crippen LogP contribution in [0, 0.1) is 0 Å². The minimum atomic E-state index is -1.25. The highest BCUT2D eigenvalue weighted by Crippen LogP contribution is 2.33. The molecule has 4 amide bonds. The highest BCUT2D eigenvalue weighted by Gasteiger charge is 2.50. The van der Waals surface area contributed by atoms with E-state index in [9.17, 15) is 14.4 Å². The van der Waals surface area contributed by atoms with Crippen LogP contribution in [0.5, 0.6) is 5.75 Å². The molecule has 0 spiro atoms. The molecule has 1 saturated heterocycles. The molecule has 0 bridgehead atoms. The summed E-state index contributed by atoms with van der Waals surface area (Å²) in [5, 5.41) is 7.87. The Morgan fingerprint density at radius 3 is 2.56 bits per heavy atom. The summed E-state index contributed by atoms with van der Waals surface area (Å²) in [5.74, 6) is -0.287. The van der Waals surface area contributed by atoms with Crippen molar-refractivity contribution in [3.05, 3.63) is 77.3 Å². The molecule has 0 aliphatic carbocycles. The molecule has 1 aliphatic rings. The number of fused-ring (bicyclic) bond motifs is 1. The Morgan fingerprint density at radius 2 is 1.78 bits per heavy atom. The first-order valence-electron chi connectivity index (χ1n) is 10.2. The molecular weight excluding hydrogens is 430 g/mol. The van der Waals surface area contributed by atoms with Crippen molar-refractivity contribution in [2.75, 3.05) is 19.7 Å². The number of benzene rings is 3. The quantitative estimate of drug-likeness (QED) is 0.425. The number of ether oxygens (including phenoxy) is 1. The highest BCUT2D eigenvalue weighted by molar-refractivity contribution is 6.30. The first kappa shape index (κ1) is 21.6. The number of rotatable bonds is 7. The van der Waals surface area contributed by atoms with Crippen molar-refractivity contribution in [3.63, 3.8) is 0 Å². The van der Waals surface area contributed by atoms with E-state index in [4.69, 9.17) is 16.3 Å². The Hall–Kier alpha value is -3.58. The highest BCUT2D eigenvalue weighted by atomic mass is 35.5. The van der Waals surface area contributed by atoms with Gasteiger partial charge in [-0.25, -0.2) is 4.79 Å². The molecule has 0 radical (unpaired) electrons. The second kappa shape index (κ2) is 8.88. The molecule has 3 aromatic rings. The van der Waals surface area contributed by atoms with Crippen LogP contribution in [-0.4, -0.2) is 42.4 Å². The first-order valence-corrected chi connectivity index (χ1v) is 10.5. The Balaban J connectivity index is 1.38. The van der Waals surface area contributed by atoms with Gasteiger partial charge in [-0.1, -0.05) is 54.1 Å². The van der Waals surface area contributed by atoms with Crippen LogP contribution in [0.4, 0.5) is 4.79 Å². The van der Waals surface area contributed by atoms with Crippen LogP contribution in [0.1, 0.15) is 12.5 Å². The number of urea groups is 1. The number of amides is 4. The van der Waals surface area contributed by atoms with Gasteiger partial charge in [0, 0.05) is 5.02 Å². The third-order valence-electron chi connectivity index (χ3n) is 5.41. The normalized spacial score (nSPS) is 18.0. The van der Waals surface area contributed by atoms with Crippen LogP contribution in [0.25, 0.3) is 10.8 Å². The van der Waals surface area contributed by atoms with E-state index in [0.29, 0.717) is 16.3 Å². The van der Waals surface area contributed by atoms with Crippen LogP contribution in [0.3, 0.4) is 0 Å². The molecule has 1 fully saturated rings. The second-order valence-electron chi connectivity index (χ2n) is 7.63. The molecule has 1 aliphatic heterocycles. The number of nitrogens with zero attached hydrogens (tertiary/aromatic N) is 1. The Labute approximate surface area is 190 Å². The molecule has 7 nitrogen and oxygen atoms in total. The summed E-state index contributed by atoms with van der Waals surface area (Å²) in [6.45, 7) is 1.76. The maximum atomic E-state index is 13.2. The zero-order chi connectivity index (χ0) is 22.7. The number of hydrogen-bond acceptors (Lipinski definition) is 4. The van der Waals surface area contributed by atoms with E-state index >= 15 is 0 Å². The average Bonchev–Trinajstić information content (AvgIpc) is 3.01. The predicted octanol–water partition coefficient (Wildman–Crippen LogP) is 3.46. The Kier molecular flexibility index (Phi) is 6.01. The lowest BCUT2D eigenvalue weighted by Crippen LogP contribution is -2.43. The summed E-state index contributed by atoms with van der Waals surface area (Å²) in [5.41, 5.74) is -0.566. The SMILES string of the molecule is CC1(c2cccc3ccccc23)NC(=O)N(CC(=O)NCCOc2ccc(Cl)cc2)C1=O. The third kappa shape index (κ3) is 4.24. The molecule has 1 heterocycles. The summed E-state index contributed by atoms with van der Waals surface area (Å²) in [4.78, 5) is 39.0. The van der Waals surface area contributed by atoms with Crippen LogP contribution in [0.15, 0.2) is 66.7 Å². The molecule has 1 atom stereocenters. The summed E-state index contributed by atoms with van der Waals surface area (Å²) in [6.07, 6.45) is 0. The first-order chi connectivity index (χ1) is 15.4. The van der Waals surface area contributed by atoms with Crippen molar-refractivity contribution < 1.29 is 19.1 Å². The summed E-state index contributed by atoms with van der Waals surface area (Å²) in [6, 6.07) is 19.5. The lowest BCUT2D eigenvalue weighted by atomic mass is 9.88. The van der Waals surface area contributed by atoms with E-state index in [1.165, 1.54) is 0 Å². The zero-order valence-corrected chi connectivity index (χ0v) is 18.2. The maximum absolute atomic E-state index is 13.2. The number of imide groups is 1. The fraction of sp³-hybridized carbons (Fsp3) is 0.208. The van der Waals surface area contributed by atoms with Crippen molar-refractivity contribution >= 4 is 40.2 Å². The fourth-order valence-corrected chi connectivity index (χ4v) is 3.90. The molecular formula is C24H22ClN3O4. The van der Waals surface area contributed by atoms with Crippen molar-refractivity contribution in [2.45, 2.75) is 12.5 Å². The van der Waals surface area contributed by atoms with Gasteiger partial charge in [-0.3, -0.25) is 14.5 Å². The molecule has 2 N–H and O–H groups in total. The van der Waals surface area contributed by atoms with Gasteiger partial charge in [0.1, 0.15) is 24.4 Å². The molecule has 164 valence electrons. The van der Waals surface area contributed by atoms with Gasteiger partial charge >= 0.3 is 6.03 Å². The van der Waals surface area contributed by atoms with Crippen molar-refractivity contribution in [1.29, 1.82) is 0 Å². The van der Waals surface area contributed by atoms with Crippen molar-refractivity contribution in [3.8, 4) is 5.75 Å². The monoisotopic (exact) mass is 451 g/mol. The van der Waals surface area contributed by atoms with Gasteiger partial charge < -0.3 is 15.4 Å². The van der Waals surface area contributed by atoms with Gasteiger partial charge in [0.05, 0.1) is 6.54 Å². The van der Waals surface area contributed by atoms with Gasteiger partial charge in [0.2, 0.25) is 5.91 Å². The average molecular weight is 452 g/mol. The second-order valence-corrected chi connectivity index (χ2v) is 8.06. The Bertz CT molecular complexity index is 1180. The maximum Gasteiger partial charge on any atom is 0.325 e. The zero-order valence-electron chi connectivity index (χ0n) is 17.4. The number of nitrogens with one attached hydrogen (secondary N) is 2. The lowest BCUT2D eigenvalue weighted by molar-refractivity contribution is -0.134. The predicted molar refractivity (Wildman–Crippen MR) is 122 cm³/mol. The fourth-order valence-electron chi connectivity index (χ4n) is 3.77. The number of carbonyl (C=O) groups is 3. The van der Waals surface area contributed by atoms with E-state index in [1.54, 1.807) is 31.2 Å². The number of hydrogen-bond donors (Lipinski definition) is 2.